The predicted molar refractivity (Wildman–Crippen MR) is 103 cm³/mol. The SMILES string of the molecule is COc1cccc(O[C@H](C)C(=O)NCCSCc2ccc(C)cc2)c1. The van der Waals surface area contributed by atoms with Crippen molar-refractivity contribution in [1.29, 1.82) is 0 Å². The fourth-order valence-electron chi connectivity index (χ4n) is 2.20. The number of ether oxygens (including phenoxy) is 2. The van der Waals surface area contributed by atoms with E-state index in [1.165, 1.54) is 11.1 Å². The molecule has 0 saturated heterocycles. The van der Waals surface area contributed by atoms with Crippen LogP contribution in [0.2, 0.25) is 0 Å². The monoisotopic (exact) mass is 359 g/mol. The number of rotatable bonds is 9. The number of methoxy groups -OCH3 is 1. The molecule has 134 valence electrons. The van der Waals surface area contributed by atoms with Crippen LogP contribution in [0.4, 0.5) is 0 Å². The summed E-state index contributed by atoms with van der Waals surface area (Å²) in [6.07, 6.45) is -0.547. The molecular formula is C20H25NO3S. The van der Waals surface area contributed by atoms with Crippen LogP contribution in [0.15, 0.2) is 48.5 Å². The topological polar surface area (TPSA) is 47.6 Å². The summed E-state index contributed by atoms with van der Waals surface area (Å²) in [6.45, 7) is 4.46. The van der Waals surface area contributed by atoms with Crippen molar-refractivity contribution in [3.05, 3.63) is 59.7 Å². The van der Waals surface area contributed by atoms with Crippen molar-refractivity contribution in [3.8, 4) is 11.5 Å². The molecule has 2 aromatic carbocycles. The van der Waals surface area contributed by atoms with Crippen molar-refractivity contribution in [2.24, 2.45) is 0 Å². The number of thioether (sulfide) groups is 1. The second kappa shape index (κ2) is 9.99. The van der Waals surface area contributed by atoms with Crippen LogP contribution in [-0.4, -0.2) is 31.4 Å². The van der Waals surface area contributed by atoms with Gasteiger partial charge in [-0.25, -0.2) is 0 Å². The Bertz CT molecular complexity index is 673. The van der Waals surface area contributed by atoms with Crippen LogP contribution < -0.4 is 14.8 Å². The van der Waals surface area contributed by atoms with E-state index in [9.17, 15) is 4.79 Å². The number of nitrogens with one attached hydrogen (secondary N) is 1. The minimum atomic E-state index is -0.547. The van der Waals surface area contributed by atoms with E-state index in [0.29, 0.717) is 18.0 Å². The second-order valence-electron chi connectivity index (χ2n) is 5.77. The minimum absolute atomic E-state index is 0.112. The first-order valence-corrected chi connectivity index (χ1v) is 9.45. The molecule has 0 unspecified atom stereocenters. The van der Waals surface area contributed by atoms with Gasteiger partial charge in [-0.1, -0.05) is 35.9 Å². The van der Waals surface area contributed by atoms with Crippen LogP contribution in [0.5, 0.6) is 11.5 Å². The number of benzene rings is 2. The zero-order valence-electron chi connectivity index (χ0n) is 15.0. The van der Waals surface area contributed by atoms with Gasteiger partial charge in [-0.15, -0.1) is 0 Å². The lowest BCUT2D eigenvalue weighted by molar-refractivity contribution is -0.127. The molecule has 1 atom stereocenters. The highest BCUT2D eigenvalue weighted by Gasteiger charge is 2.14. The molecule has 0 fully saturated rings. The standard InChI is InChI=1S/C20H25NO3S/c1-15-7-9-17(10-8-15)14-25-12-11-21-20(22)16(2)24-19-6-4-5-18(13-19)23-3/h4-10,13,16H,11-12,14H2,1-3H3,(H,21,22)/t16-/m1/s1. The van der Waals surface area contributed by atoms with Gasteiger partial charge in [-0.2, -0.15) is 11.8 Å². The maximum Gasteiger partial charge on any atom is 0.260 e. The Morgan fingerprint density at radius 3 is 2.60 bits per heavy atom. The van der Waals surface area contributed by atoms with Crippen molar-refractivity contribution >= 4 is 17.7 Å². The summed E-state index contributed by atoms with van der Waals surface area (Å²) in [4.78, 5) is 12.1. The van der Waals surface area contributed by atoms with Crippen LogP contribution in [0, 0.1) is 6.92 Å². The summed E-state index contributed by atoms with van der Waals surface area (Å²) in [6, 6.07) is 15.8. The Balaban J connectivity index is 1.66. The Morgan fingerprint density at radius 2 is 1.88 bits per heavy atom. The Kier molecular flexibility index (Phi) is 7.67. The molecule has 0 aliphatic carbocycles. The van der Waals surface area contributed by atoms with Crippen LogP contribution in [-0.2, 0) is 10.5 Å². The molecule has 5 heteroatoms. The second-order valence-corrected chi connectivity index (χ2v) is 6.87. The number of aryl methyl sites for hydroxylation is 1. The van der Waals surface area contributed by atoms with E-state index >= 15 is 0 Å². The molecule has 4 nitrogen and oxygen atoms in total. The highest BCUT2D eigenvalue weighted by atomic mass is 32.2. The van der Waals surface area contributed by atoms with Gasteiger partial charge in [-0.05, 0) is 31.5 Å². The van der Waals surface area contributed by atoms with Gasteiger partial charge < -0.3 is 14.8 Å². The molecule has 0 bridgehead atoms. The normalized spacial score (nSPS) is 11.6. The van der Waals surface area contributed by atoms with Gasteiger partial charge >= 0.3 is 0 Å². The molecule has 0 aromatic heterocycles. The van der Waals surface area contributed by atoms with E-state index in [4.69, 9.17) is 9.47 Å². The number of carbonyl (C=O) groups is 1. The van der Waals surface area contributed by atoms with Crippen LogP contribution in [0.25, 0.3) is 0 Å². The Labute approximate surface area is 153 Å². The fourth-order valence-corrected chi connectivity index (χ4v) is 3.02. The molecule has 0 spiro atoms. The summed E-state index contributed by atoms with van der Waals surface area (Å²) < 4.78 is 10.8. The van der Waals surface area contributed by atoms with E-state index in [0.717, 1.165) is 11.5 Å². The van der Waals surface area contributed by atoms with E-state index < -0.39 is 6.10 Å². The van der Waals surface area contributed by atoms with E-state index in [2.05, 4.69) is 36.5 Å². The summed E-state index contributed by atoms with van der Waals surface area (Å²) in [7, 11) is 1.60. The quantitative estimate of drug-likeness (QED) is 0.692. The van der Waals surface area contributed by atoms with E-state index in [1.807, 2.05) is 18.2 Å². The number of hydrogen-bond donors (Lipinski definition) is 1. The van der Waals surface area contributed by atoms with E-state index in [-0.39, 0.29) is 5.91 Å². The van der Waals surface area contributed by atoms with Gasteiger partial charge in [0.15, 0.2) is 6.10 Å². The van der Waals surface area contributed by atoms with Crippen molar-refractivity contribution in [3.63, 3.8) is 0 Å². The summed E-state index contributed by atoms with van der Waals surface area (Å²) in [5.41, 5.74) is 2.57. The molecule has 0 radical (unpaired) electrons. The Morgan fingerprint density at radius 1 is 1.16 bits per heavy atom. The van der Waals surface area contributed by atoms with Gasteiger partial charge in [-0.3, -0.25) is 4.79 Å². The van der Waals surface area contributed by atoms with Crippen molar-refractivity contribution < 1.29 is 14.3 Å². The molecule has 2 rings (SSSR count). The number of carbonyl (C=O) groups excluding carboxylic acids is 1. The molecule has 0 aliphatic rings. The summed E-state index contributed by atoms with van der Waals surface area (Å²) in [5, 5.41) is 2.91. The zero-order chi connectivity index (χ0) is 18.1. The Hall–Kier alpha value is -2.14. The molecule has 25 heavy (non-hydrogen) atoms. The van der Waals surface area contributed by atoms with E-state index in [1.54, 1.807) is 31.9 Å². The molecule has 1 N–H and O–H groups in total. The third-order valence-corrected chi connectivity index (χ3v) is 4.69. The maximum atomic E-state index is 12.1. The smallest absolute Gasteiger partial charge is 0.260 e. The molecule has 0 heterocycles. The molecular weight excluding hydrogens is 334 g/mol. The van der Waals surface area contributed by atoms with Gasteiger partial charge in [0.2, 0.25) is 0 Å². The lowest BCUT2D eigenvalue weighted by Crippen LogP contribution is -2.37. The van der Waals surface area contributed by atoms with Crippen molar-refractivity contribution in [1.82, 2.24) is 5.32 Å². The number of amides is 1. The van der Waals surface area contributed by atoms with Crippen molar-refractivity contribution in [2.75, 3.05) is 19.4 Å². The number of hydrogen-bond acceptors (Lipinski definition) is 4. The zero-order valence-corrected chi connectivity index (χ0v) is 15.8. The van der Waals surface area contributed by atoms with Crippen LogP contribution >= 0.6 is 11.8 Å². The van der Waals surface area contributed by atoms with Gasteiger partial charge in [0.25, 0.3) is 5.91 Å². The highest BCUT2D eigenvalue weighted by Crippen LogP contribution is 2.20. The summed E-state index contributed by atoms with van der Waals surface area (Å²) in [5.74, 6) is 3.03. The molecule has 0 aliphatic heterocycles. The van der Waals surface area contributed by atoms with Gasteiger partial charge in [0, 0.05) is 24.1 Å². The first-order chi connectivity index (χ1) is 12.1. The first-order valence-electron chi connectivity index (χ1n) is 8.30. The first kappa shape index (κ1) is 19.2. The fraction of sp³-hybridized carbons (Fsp3) is 0.350. The third kappa shape index (κ3) is 6.70. The largest absolute Gasteiger partial charge is 0.497 e. The van der Waals surface area contributed by atoms with Crippen LogP contribution in [0.1, 0.15) is 18.1 Å². The lowest BCUT2D eigenvalue weighted by Gasteiger charge is -2.15. The third-order valence-electron chi connectivity index (χ3n) is 3.66. The average molecular weight is 359 g/mol. The summed E-state index contributed by atoms with van der Waals surface area (Å²) >= 11 is 1.80. The predicted octanol–water partition coefficient (Wildman–Crippen LogP) is 3.82. The minimum Gasteiger partial charge on any atom is -0.497 e. The van der Waals surface area contributed by atoms with Crippen molar-refractivity contribution in [2.45, 2.75) is 25.7 Å². The molecule has 0 saturated carbocycles. The van der Waals surface area contributed by atoms with Crippen LogP contribution in [0.3, 0.4) is 0 Å². The van der Waals surface area contributed by atoms with Gasteiger partial charge in [0.1, 0.15) is 11.5 Å². The molecule has 1 amide bonds. The molecule has 2 aromatic rings. The lowest BCUT2D eigenvalue weighted by atomic mass is 10.2. The average Bonchev–Trinajstić information content (AvgIpc) is 2.63. The maximum absolute atomic E-state index is 12.1. The van der Waals surface area contributed by atoms with Gasteiger partial charge in [0.05, 0.1) is 7.11 Å². The highest BCUT2D eigenvalue weighted by molar-refractivity contribution is 7.98.